The van der Waals surface area contributed by atoms with Gasteiger partial charge in [0, 0.05) is 26.2 Å². The molecular formula is C16H26N4O2. The van der Waals surface area contributed by atoms with Gasteiger partial charge in [-0.05, 0) is 45.7 Å². The highest BCUT2D eigenvalue weighted by atomic mass is 16.6. The lowest BCUT2D eigenvalue weighted by molar-refractivity contribution is 0.0242. The third-order valence-corrected chi connectivity index (χ3v) is 3.50. The molecule has 1 aliphatic heterocycles. The maximum Gasteiger partial charge on any atom is 0.410 e. The quantitative estimate of drug-likeness (QED) is 0.863. The number of nitrogens with zero attached hydrogens (tertiary/aromatic N) is 3. The molecule has 22 heavy (non-hydrogen) atoms. The average Bonchev–Trinajstić information content (AvgIpc) is 2.38. The van der Waals surface area contributed by atoms with Crippen molar-refractivity contribution in [1.29, 1.82) is 0 Å². The Morgan fingerprint density at radius 1 is 1.18 bits per heavy atom. The highest BCUT2D eigenvalue weighted by Crippen LogP contribution is 2.17. The van der Waals surface area contributed by atoms with Gasteiger partial charge in [-0.1, -0.05) is 0 Å². The summed E-state index contributed by atoms with van der Waals surface area (Å²) in [5.74, 6) is 0.534. The van der Waals surface area contributed by atoms with Crippen LogP contribution in [0.25, 0.3) is 0 Å². The molecule has 6 heteroatoms. The van der Waals surface area contributed by atoms with Crippen molar-refractivity contribution in [2.45, 2.75) is 39.2 Å². The zero-order chi connectivity index (χ0) is 16.2. The fourth-order valence-corrected chi connectivity index (χ4v) is 2.48. The first-order valence-electron chi connectivity index (χ1n) is 7.79. The highest BCUT2D eigenvalue weighted by molar-refractivity contribution is 5.68. The number of ether oxygens (including phenoxy) is 1. The lowest BCUT2D eigenvalue weighted by Gasteiger charge is -2.32. The van der Waals surface area contributed by atoms with Crippen molar-refractivity contribution in [3.63, 3.8) is 0 Å². The molecule has 1 saturated heterocycles. The molecule has 6 nitrogen and oxygen atoms in total. The summed E-state index contributed by atoms with van der Waals surface area (Å²) >= 11 is 0. The summed E-state index contributed by atoms with van der Waals surface area (Å²) in [6, 6.07) is 3.82. The number of pyridine rings is 1. The van der Waals surface area contributed by atoms with Crippen LogP contribution in [0.5, 0.6) is 0 Å². The Kier molecular flexibility index (Phi) is 5.11. The summed E-state index contributed by atoms with van der Waals surface area (Å²) in [5.41, 5.74) is 6.27. The molecule has 2 heterocycles. The minimum atomic E-state index is -0.443. The van der Waals surface area contributed by atoms with Crippen LogP contribution < -0.4 is 10.6 Å². The molecule has 1 amide bonds. The van der Waals surface area contributed by atoms with Gasteiger partial charge in [-0.25, -0.2) is 9.78 Å². The lowest BCUT2D eigenvalue weighted by atomic mass is 10.2. The smallest absolute Gasteiger partial charge is 0.410 e. The van der Waals surface area contributed by atoms with Gasteiger partial charge in [-0.3, -0.25) is 0 Å². The van der Waals surface area contributed by atoms with Crippen LogP contribution in [0.2, 0.25) is 0 Å². The fourth-order valence-electron chi connectivity index (χ4n) is 2.48. The number of carbonyl (C=O) groups excluding carboxylic acids is 1. The maximum absolute atomic E-state index is 12.1. The van der Waals surface area contributed by atoms with E-state index in [4.69, 9.17) is 10.5 Å². The summed E-state index contributed by atoms with van der Waals surface area (Å²) < 4.78 is 5.45. The molecular weight excluding hydrogens is 280 g/mol. The number of hydrogen-bond donors (Lipinski definition) is 1. The third kappa shape index (κ3) is 4.79. The van der Waals surface area contributed by atoms with Gasteiger partial charge in [0.1, 0.15) is 11.4 Å². The van der Waals surface area contributed by atoms with E-state index in [1.165, 1.54) is 0 Å². The standard InChI is InChI=1S/C16H26N4O2/c1-16(2,3)22-15(21)20-10-4-8-19(9-5-11-20)13-6-7-14(17)18-12-13/h6-7,12H,4-5,8-11H2,1-3H3,(H2,17,18). The van der Waals surface area contributed by atoms with Crippen LogP contribution in [-0.2, 0) is 4.74 Å². The van der Waals surface area contributed by atoms with Crippen LogP contribution in [-0.4, -0.2) is 47.8 Å². The molecule has 122 valence electrons. The van der Waals surface area contributed by atoms with Crippen molar-refractivity contribution in [3.8, 4) is 0 Å². The van der Waals surface area contributed by atoms with Gasteiger partial charge >= 0.3 is 6.09 Å². The van der Waals surface area contributed by atoms with E-state index in [1.807, 2.05) is 44.0 Å². The second-order valence-electron chi connectivity index (χ2n) is 6.60. The van der Waals surface area contributed by atoms with Crippen LogP contribution in [0.1, 0.15) is 33.6 Å². The average molecular weight is 306 g/mol. The Balaban J connectivity index is 1.90. The van der Waals surface area contributed by atoms with Crippen molar-refractivity contribution < 1.29 is 9.53 Å². The van der Waals surface area contributed by atoms with E-state index in [2.05, 4.69) is 9.88 Å². The van der Waals surface area contributed by atoms with Gasteiger partial charge in [0.05, 0.1) is 11.9 Å². The second-order valence-corrected chi connectivity index (χ2v) is 6.60. The van der Waals surface area contributed by atoms with Crippen molar-refractivity contribution >= 4 is 17.6 Å². The predicted octanol–water partition coefficient (Wildman–Crippen LogP) is 2.50. The molecule has 0 radical (unpaired) electrons. The number of rotatable bonds is 1. The molecule has 2 rings (SSSR count). The summed E-state index contributed by atoms with van der Waals surface area (Å²) in [6.45, 7) is 8.90. The molecule has 0 bridgehead atoms. The zero-order valence-corrected chi connectivity index (χ0v) is 13.7. The van der Waals surface area contributed by atoms with E-state index < -0.39 is 5.60 Å². The Hall–Kier alpha value is -1.98. The molecule has 0 unspecified atom stereocenters. The highest BCUT2D eigenvalue weighted by Gasteiger charge is 2.23. The molecule has 0 saturated carbocycles. The monoisotopic (exact) mass is 306 g/mol. The summed E-state index contributed by atoms with van der Waals surface area (Å²) in [5, 5.41) is 0. The number of hydrogen-bond acceptors (Lipinski definition) is 5. The second kappa shape index (κ2) is 6.85. The molecule has 2 N–H and O–H groups in total. The van der Waals surface area contributed by atoms with E-state index in [-0.39, 0.29) is 6.09 Å². The van der Waals surface area contributed by atoms with Crippen LogP contribution in [0.15, 0.2) is 18.3 Å². The van der Waals surface area contributed by atoms with E-state index in [9.17, 15) is 4.79 Å². The molecule has 0 aromatic carbocycles. The number of anilines is 2. The van der Waals surface area contributed by atoms with Gasteiger partial charge < -0.3 is 20.3 Å². The maximum atomic E-state index is 12.1. The third-order valence-electron chi connectivity index (χ3n) is 3.50. The molecule has 1 fully saturated rings. The Labute approximate surface area is 132 Å². The largest absolute Gasteiger partial charge is 0.444 e. The van der Waals surface area contributed by atoms with Crippen molar-refractivity contribution in [3.05, 3.63) is 18.3 Å². The van der Waals surface area contributed by atoms with Gasteiger partial charge in [0.2, 0.25) is 0 Å². The van der Waals surface area contributed by atoms with Crippen LogP contribution >= 0.6 is 0 Å². The number of nitrogen functional groups attached to an aromatic ring is 1. The Morgan fingerprint density at radius 3 is 2.32 bits per heavy atom. The van der Waals surface area contributed by atoms with Crippen LogP contribution in [0.4, 0.5) is 16.3 Å². The van der Waals surface area contributed by atoms with Gasteiger partial charge in [0.25, 0.3) is 0 Å². The topological polar surface area (TPSA) is 71.7 Å². The first-order chi connectivity index (χ1) is 10.3. The van der Waals surface area contributed by atoms with Crippen LogP contribution in [0.3, 0.4) is 0 Å². The number of amides is 1. The Morgan fingerprint density at radius 2 is 1.82 bits per heavy atom. The molecule has 0 aliphatic carbocycles. The SMILES string of the molecule is CC(C)(C)OC(=O)N1CCCN(c2ccc(N)nc2)CCC1. The normalized spacial score (nSPS) is 16.9. The van der Waals surface area contributed by atoms with Crippen LogP contribution in [0, 0.1) is 0 Å². The van der Waals surface area contributed by atoms with Crippen molar-refractivity contribution in [2.75, 3.05) is 36.8 Å². The molecule has 1 aromatic heterocycles. The fraction of sp³-hybridized carbons (Fsp3) is 0.625. The molecule has 0 atom stereocenters. The number of carbonyl (C=O) groups is 1. The van der Waals surface area contributed by atoms with E-state index in [1.54, 1.807) is 0 Å². The molecule has 0 spiro atoms. The van der Waals surface area contributed by atoms with Gasteiger partial charge in [-0.2, -0.15) is 0 Å². The minimum Gasteiger partial charge on any atom is -0.444 e. The first kappa shape index (κ1) is 16.4. The summed E-state index contributed by atoms with van der Waals surface area (Å²) in [7, 11) is 0. The summed E-state index contributed by atoms with van der Waals surface area (Å²) in [4.78, 5) is 20.4. The molecule has 1 aromatic rings. The van der Waals surface area contributed by atoms with Gasteiger partial charge in [-0.15, -0.1) is 0 Å². The number of nitrogens with two attached hydrogens (primary N) is 1. The summed E-state index contributed by atoms with van der Waals surface area (Å²) in [6.07, 6.45) is 3.41. The van der Waals surface area contributed by atoms with Crippen molar-refractivity contribution in [1.82, 2.24) is 9.88 Å². The number of aromatic nitrogens is 1. The van der Waals surface area contributed by atoms with E-state index in [0.717, 1.165) is 31.6 Å². The van der Waals surface area contributed by atoms with E-state index >= 15 is 0 Å². The minimum absolute atomic E-state index is 0.213. The van der Waals surface area contributed by atoms with E-state index in [0.29, 0.717) is 18.9 Å². The predicted molar refractivity (Wildman–Crippen MR) is 87.9 cm³/mol. The molecule has 1 aliphatic rings. The first-order valence-corrected chi connectivity index (χ1v) is 7.79. The van der Waals surface area contributed by atoms with Crippen molar-refractivity contribution in [2.24, 2.45) is 0 Å². The van der Waals surface area contributed by atoms with Gasteiger partial charge in [0.15, 0.2) is 0 Å². The Bertz CT molecular complexity index is 486. The lowest BCUT2D eigenvalue weighted by Crippen LogP contribution is -2.42. The zero-order valence-electron chi connectivity index (χ0n) is 13.7.